The van der Waals surface area contributed by atoms with Crippen LogP contribution < -0.4 is 4.72 Å². The first kappa shape index (κ1) is 14.1. The van der Waals surface area contributed by atoms with Crippen molar-refractivity contribution < 1.29 is 13.5 Å². The molecule has 2 aromatic rings. The van der Waals surface area contributed by atoms with Gasteiger partial charge >= 0.3 is 0 Å². The van der Waals surface area contributed by atoms with Crippen molar-refractivity contribution in [1.29, 1.82) is 0 Å². The molecule has 0 aliphatic carbocycles. The molecule has 2 N–H and O–H groups in total. The predicted octanol–water partition coefficient (Wildman–Crippen LogP) is 1.42. The molecule has 0 aliphatic heterocycles. The van der Waals surface area contributed by atoms with Crippen molar-refractivity contribution in [2.45, 2.75) is 25.0 Å². The predicted molar refractivity (Wildman–Crippen MR) is 73.2 cm³/mol. The summed E-state index contributed by atoms with van der Waals surface area (Å²) in [6, 6.07) is 4.87. The maximum atomic E-state index is 12.2. The van der Waals surface area contributed by atoms with Crippen LogP contribution in [0.25, 0.3) is 0 Å². The Kier molecular flexibility index (Phi) is 4.31. The lowest BCUT2D eigenvalue weighted by Gasteiger charge is -2.09. The molecule has 0 amide bonds. The van der Waals surface area contributed by atoms with Crippen LogP contribution in [0.1, 0.15) is 16.1 Å². The highest BCUT2D eigenvalue weighted by Crippen LogP contribution is 2.17. The van der Waals surface area contributed by atoms with E-state index < -0.39 is 10.0 Å². The Morgan fingerprint density at radius 3 is 2.84 bits per heavy atom. The van der Waals surface area contributed by atoms with Gasteiger partial charge in [-0.05, 0) is 24.1 Å². The van der Waals surface area contributed by atoms with Crippen LogP contribution in [-0.4, -0.2) is 18.5 Å². The number of aryl methyl sites for hydroxylation is 1. The fraction of sp³-hybridized carbons (Fsp3) is 0.250. The van der Waals surface area contributed by atoms with Crippen LogP contribution in [0.5, 0.6) is 0 Å². The van der Waals surface area contributed by atoms with Crippen molar-refractivity contribution in [3.05, 3.63) is 45.9 Å². The van der Waals surface area contributed by atoms with E-state index >= 15 is 0 Å². The molecule has 1 aromatic heterocycles. The van der Waals surface area contributed by atoms with Crippen LogP contribution in [0.4, 0.5) is 0 Å². The van der Waals surface area contributed by atoms with E-state index in [1.807, 2.05) is 0 Å². The van der Waals surface area contributed by atoms with Gasteiger partial charge < -0.3 is 5.11 Å². The molecule has 0 spiro atoms. The summed E-state index contributed by atoms with van der Waals surface area (Å²) < 4.78 is 26.9. The van der Waals surface area contributed by atoms with Gasteiger partial charge in [-0.3, -0.25) is 0 Å². The minimum Gasteiger partial charge on any atom is -0.392 e. The van der Waals surface area contributed by atoms with Crippen molar-refractivity contribution in [2.75, 3.05) is 0 Å². The molecular weight excluding hydrogens is 284 g/mol. The first-order valence-corrected chi connectivity index (χ1v) is 7.97. The Labute approximate surface area is 116 Å². The molecule has 0 saturated carbocycles. The molecule has 1 heterocycles. The van der Waals surface area contributed by atoms with Gasteiger partial charge in [-0.15, -0.1) is 11.3 Å². The third-order valence-corrected chi connectivity index (χ3v) is 4.94. The van der Waals surface area contributed by atoms with Gasteiger partial charge in [-0.2, -0.15) is 0 Å². The number of nitrogens with one attached hydrogen (secondary N) is 1. The molecule has 102 valence electrons. The number of aliphatic hydroxyl groups is 1. The van der Waals surface area contributed by atoms with Gasteiger partial charge in [-0.1, -0.05) is 12.1 Å². The molecule has 0 unspecified atom stereocenters. The Bertz CT molecular complexity index is 652. The standard InChI is InChI=1S/C12H14N2O3S2/c1-9-2-3-10(8-15)6-11(9)19(16,17)14-7-12-13-4-5-18-12/h2-6,14-15H,7-8H2,1H3. The van der Waals surface area contributed by atoms with Gasteiger partial charge in [0.15, 0.2) is 0 Å². The molecule has 1 aromatic carbocycles. The average molecular weight is 298 g/mol. The summed E-state index contributed by atoms with van der Waals surface area (Å²) in [4.78, 5) is 4.21. The third-order valence-electron chi connectivity index (χ3n) is 2.62. The number of hydrogen-bond donors (Lipinski definition) is 2. The van der Waals surface area contributed by atoms with Gasteiger partial charge in [-0.25, -0.2) is 18.1 Å². The Balaban J connectivity index is 2.23. The van der Waals surface area contributed by atoms with E-state index in [0.29, 0.717) is 16.1 Å². The topological polar surface area (TPSA) is 79.3 Å². The summed E-state index contributed by atoms with van der Waals surface area (Å²) in [5.41, 5.74) is 1.21. The van der Waals surface area contributed by atoms with E-state index in [4.69, 9.17) is 5.11 Å². The van der Waals surface area contributed by atoms with Gasteiger partial charge in [0.2, 0.25) is 10.0 Å². The van der Waals surface area contributed by atoms with E-state index in [-0.39, 0.29) is 18.0 Å². The lowest BCUT2D eigenvalue weighted by atomic mass is 10.2. The number of benzene rings is 1. The summed E-state index contributed by atoms with van der Waals surface area (Å²) >= 11 is 1.39. The van der Waals surface area contributed by atoms with Gasteiger partial charge in [0, 0.05) is 11.6 Å². The van der Waals surface area contributed by atoms with E-state index in [1.54, 1.807) is 30.6 Å². The Morgan fingerprint density at radius 1 is 1.42 bits per heavy atom. The zero-order valence-corrected chi connectivity index (χ0v) is 12.0. The molecule has 0 radical (unpaired) electrons. The van der Waals surface area contributed by atoms with E-state index in [0.717, 1.165) is 0 Å². The number of aliphatic hydroxyl groups excluding tert-OH is 1. The third kappa shape index (κ3) is 3.38. The van der Waals surface area contributed by atoms with Crippen LogP contribution >= 0.6 is 11.3 Å². The van der Waals surface area contributed by atoms with E-state index in [2.05, 4.69) is 9.71 Å². The molecule has 0 saturated heterocycles. The van der Waals surface area contributed by atoms with Crippen molar-refractivity contribution in [3.63, 3.8) is 0 Å². The SMILES string of the molecule is Cc1ccc(CO)cc1S(=O)(=O)NCc1nccs1. The second-order valence-corrected chi connectivity index (χ2v) is 6.72. The number of aromatic nitrogens is 1. The molecule has 2 rings (SSSR count). The fourth-order valence-electron chi connectivity index (χ4n) is 1.61. The molecule has 0 aliphatic rings. The molecule has 0 fully saturated rings. The quantitative estimate of drug-likeness (QED) is 0.875. The molecular formula is C12H14N2O3S2. The smallest absolute Gasteiger partial charge is 0.241 e. The second kappa shape index (κ2) is 5.79. The lowest BCUT2D eigenvalue weighted by molar-refractivity contribution is 0.281. The Morgan fingerprint density at radius 2 is 2.21 bits per heavy atom. The fourth-order valence-corrected chi connectivity index (χ4v) is 3.54. The highest BCUT2D eigenvalue weighted by molar-refractivity contribution is 7.89. The van der Waals surface area contributed by atoms with E-state index in [1.165, 1.54) is 17.4 Å². The van der Waals surface area contributed by atoms with Gasteiger partial charge in [0.05, 0.1) is 18.0 Å². The molecule has 0 bridgehead atoms. The number of thiazole rings is 1. The zero-order valence-electron chi connectivity index (χ0n) is 10.3. The zero-order chi connectivity index (χ0) is 13.9. The second-order valence-electron chi connectivity index (χ2n) is 4.01. The van der Waals surface area contributed by atoms with Crippen LogP contribution in [0.3, 0.4) is 0 Å². The molecule has 0 atom stereocenters. The van der Waals surface area contributed by atoms with E-state index in [9.17, 15) is 8.42 Å². The first-order chi connectivity index (χ1) is 9.03. The number of nitrogens with zero attached hydrogens (tertiary/aromatic N) is 1. The minimum atomic E-state index is -3.59. The summed E-state index contributed by atoms with van der Waals surface area (Å²) in [5, 5.41) is 11.6. The average Bonchev–Trinajstić information content (AvgIpc) is 2.90. The monoisotopic (exact) mass is 298 g/mol. The van der Waals surface area contributed by atoms with Gasteiger partial charge in [0.1, 0.15) is 5.01 Å². The number of sulfonamides is 1. The minimum absolute atomic E-state index is 0.169. The van der Waals surface area contributed by atoms with Crippen LogP contribution in [0, 0.1) is 6.92 Å². The van der Waals surface area contributed by atoms with Crippen LogP contribution in [0.15, 0.2) is 34.7 Å². The largest absolute Gasteiger partial charge is 0.392 e. The van der Waals surface area contributed by atoms with Gasteiger partial charge in [0.25, 0.3) is 0 Å². The summed E-state index contributed by atoms with van der Waals surface area (Å²) in [6.07, 6.45) is 1.63. The highest BCUT2D eigenvalue weighted by atomic mass is 32.2. The molecule has 5 nitrogen and oxygen atoms in total. The summed E-state index contributed by atoms with van der Waals surface area (Å²) in [6.45, 7) is 1.71. The normalized spacial score (nSPS) is 11.7. The van der Waals surface area contributed by atoms with Crippen LogP contribution in [-0.2, 0) is 23.2 Å². The maximum absolute atomic E-state index is 12.2. The lowest BCUT2D eigenvalue weighted by Crippen LogP contribution is -2.24. The number of hydrogen-bond acceptors (Lipinski definition) is 5. The van der Waals surface area contributed by atoms with Crippen molar-refractivity contribution in [3.8, 4) is 0 Å². The first-order valence-electron chi connectivity index (χ1n) is 5.61. The molecule has 7 heteroatoms. The summed E-state index contributed by atoms with van der Waals surface area (Å²) in [7, 11) is -3.59. The molecule has 19 heavy (non-hydrogen) atoms. The Hall–Kier alpha value is -1.28. The highest BCUT2D eigenvalue weighted by Gasteiger charge is 2.17. The van der Waals surface area contributed by atoms with Crippen molar-refractivity contribution in [1.82, 2.24) is 9.71 Å². The van der Waals surface area contributed by atoms with Crippen molar-refractivity contribution >= 4 is 21.4 Å². The van der Waals surface area contributed by atoms with Crippen molar-refractivity contribution in [2.24, 2.45) is 0 Å². The number of rotatable bonds is 5. The van der Waals surface area contributed by atoms with Crippen LogP contribution in [0.2, 0.25) is 0 Å². The summed E-state index contributed by atoms with van der Waals surface area (Å²) in [5.74, 6) is 0. The maximum Gasteiger partial charge on any atom is 0.241 e.